The van der Waals surface area contributed by atoms with Gasteiger partial charge >= 0.3 is 5.97 Å². The molecule has 1 aliphatic heterocycles. The molecule has 0 radical (unpaired) electrons. The van der Waals surface area contributed by atoms with Gasteiger partial charge in [-0.15, -0.1) is 11.8 Å². The van der Waals surface area contributed by atoms with Crippen LogP contribution >= 0.6 is 11.8 Å². The molecule has 0 unspecified atom stereocenters. The monoisotopic (exact) mass is 527 g/mol. The van der Waals surface area contributed by atoms with Crippen molar-refractivity contribution < 1.29 is 29.0 Å². The standard InChI is InChI=1S/C27H33N3O6S/c1-17(31)36-20-12-8-11-19(14-20)24(33)28-21(13-18-9-6-5-7-10-18)23(32)26(35)30-16-37-15-22(30)25(34)29-27(2,3)4/h5-12,14,21-23,32H,13,15-16H2,1-4H3,(H,28,33)(H,29,34)/t21-,22-,23-/m0/s1. The highest BCUT2D eigenvalue weighted by atomic mass is 32.2. The summed E-state index contributed by atoms with van der Waals surface area (Å²) < 4.78 is 5.06. The molecule has 1 heterocycles. The number of aliphatic hydroxyl groups excluding tert-OH is 1. The molecule has 3 atom stereocenters. The number of hydrogen-bond acceptors (Lipinski definition) is 7. The molecule has 198 valence electrons. The molecular weight excluding hydrogens is 494 g/mol. The number of nitrogens with one attached hydrogen (secondary N) is 2. The number of amides is 3. The van der Waals surface area contributed by atoms with E-state index >= 15 is 0 Å². The molecule has 37 heavy (non-hydrogen) atoms. The predicted octanol–water partition coefficient (Wildman–Crippen LogP) is 2.13. The van der Waals surface area contributed by atoms with E-state index < -0.39 is 41.5 Å². The van der Waals surface area contributed by atoms with Crippen molar-refractivity contribution >= 4 is 35.5 Å². The van der Waals surface area contributed by atoms with E-state index in [2.05, 4.69) is 10.6 Å². The quantitative estimate of drug-likeness (QED) is 0.355. The molecule has 3 amide bonds. The average molecular weight is 528 g/mol. The Morgan fingerprint density at radius 2 is 1.81 bits per heavy atom. The minimum Gasteiger partial charge on any atom is -0.427 e. The van der Waals surface area contributed by atoms with Crippen molar-refractivity contribution in [1.82, 2.24) is 15.5 Å². The third kappa shape index (κ3) is 8.06. The second-order valence-electron chi connectivity index (χ2n) is 9.90. The van der Waals surface area contributed by atoms with Crippen molar-refractivity contribution in [3.05, 3.63) is 65.7 Å². The van der Waals surface area contributed by atoms with Crippen LogP contribution in [0.15, 0.2) is 54.6 Å². The lowest BCUT2D eigenvalue weighted by atomic mass is 9.99. The van der Waals surface area contributed by atoms with Gasteiger partial charge in [0.2, 0.25) is 5.91 Å². The van der Waals surface area contributed by atoms with Crippen molar-refractivity contribution in [3.63, 3.8) is 0 Å². The van der Waals surface area contributed by atoms with Crippen LogP contribution in [0.2, 0.25) is 0 Å². The van der Waals surface area contributed by atoms with Gasteiger partial charge in [0.25, 0.3) is 11.8 Å². The zero-order valence-electron chi connectivity index (χ0n) is 21.4. The van der Waals surface area contributed by atoms with Gasteiger partial charge in [0.05, 0.1) is 11.9 Å². The van der Waals surface area contributed by atoms with Crippen LogP contribution in [0.5, 0.6) is 5.75 Å². The topological polar surface area (TPSA) is 125 Å². The van der Waals surface area contributed by atoms with Crippen LogP contribution < -0.4 is 15.4 Å². The predicted molar refractivity (Wildman–Crippen MR) is 141 cm³/mol. The summed E-state index contributed by atoms with van der Waals surface area (Å²) in [6.45, 7) is 6.83. The summed E-state index contributed by atoms with van der Waals surface area (Å²) in [6.07, 6.45) is -1.41. The molecule has 2 aromatic carbocycles. The lowest BCUT2D eigenvalue weighted by Gasteiger charge is -2.31. The Morgan fingerprint density at radius 1 is 1.11 bits per heavy atom. The van der Waals surface area contributed by atoms with Gasteiger partial charge in [-0.1, -0.05) is 36.4 Å². The number of carbonyl (C=O) groups excluding carboxylic acids is 4. The summed E-state index contributed by atoms with van der Waals surface area (Å²) in [5.74, 6) is -1.10. The first-order chi connectivity index (χ1) is 17.4. The van der Waals surface area contributed by atoms with Gasteiger partial charge in [0.15, 0.2) is 6.10 Å². The molecule has 1 aliphatic rings. The molecule has 1 saturated heterocycles. The summed E-state index contributed by atoms with van der Waals surface area (Å²) in [6, 6.07) is 13.5. The molecule has 0 bridgehead atoms. The van der Waals surface area contributed by atoms with Crippen LogP contribution in [0.4, 0.5) is 0 Å². The van der Waals surface area contributed by atoms with Gasteiger partial charge in [0, 0.05) is 23.8 Å². The minimum atomic E-state index is -1.59. The fourth-order valence-corrected chi connectivity index (χ4v) is 5.06. The zero-order valence-corrected chi connectivity index (χ0v) is 22.2. The molecule has 1 fully saturated rings. The molecule has 3 rings (SSSR count). The molecule has 0 aliphatic carbocycles. The second kappa shape index (κ2) is 12.2. The number of thioether (sulfide) groups is 1. The lowest BCUT2D eigenvalue weighted by Crippen LogP contribution is -2.57. The van der Waals surface area contributed by atoms with Crippen molar-refractivity contribution in [2.45, 2.75) is 57.8 Å². The molecule has 0 aromatic heterocycles. The van der Waals surface area contributed by atoms with Gasteiger partial charge in [-0.05, 0) is 51.0 Å². The van der Waals surface area contributed by atoms with E-state index in [0.29, 0.717) is 5.75 Å². The highest BCUT2D eigenvalue weighted by Crippen LogP contribution is 2.24. The fraction of sp³-hybridized carbons (Fsp3) is 0.407. The van der Waals surface area contributed by atoms with Crippen LogP contribution in [0.25, 0.3) is 0 Å². The number of esters is 1. The van der Waals surface area contributed by atoms with Crippen LogP contribution in [0.3, 0.4) is 0 Å². The van der Waals surface area contributed by atoms with Gasteiger partial charge in [-0.3, -0.25) is 19.2 Å². The summed E-state index contributed by atoms with van der Waals surface area (Å²) in [5.41, 5.74) is 0.545. The van der Waals surface area contributed by atoms with E-state index in [0.717, 1.165) is 5.56 Å². The summed E-state index contributed by atoms with van der Waals surface area (Å²) >= 11 is 1.43. The van der Waals surface area contributed by atoms with Gasteiger partial charge in [0.1, 0.15) is 11.8 Å². The van der Waals surface area contributed by atoms with Crippen LogP contribution in [0, 0.1) is 0 Å². The normalized spacial score (nSPS) is 17.0. The van der Waals surface area contributed by atoms with Crippen LogP contribution in [0.1, 0.15) is 43.6 Å². The highest BCUT2D eigenvalue weighted by Gasteiger charge is 2.40. The Morgan fingerprint density at radius 3 is 2.46 bits per heavy atom. The largest absolute Gasteiger partial charge is 0.427 e. The van der Waals surface area contributed by atoms with Crippen molar-refractivity contribution in [3.8, 4) is 5.75 Å². The number of rotatable bonds is 8. The van der Waals surface area contributed by atoms with E-state index in [1.165, 1.54) is 29.7 Å². The summed E-state index contributed by atoms with van der Waals surface area (Å²) in [7, 11) is 0. The maximum Gasteiger partial charge on any atom is 0.308 e. The first-order valence-corrected chi connectivity index (χ1v) is 13.1. The molecule has 0 spiro atoms. The maximum absolute atomic E-state index is 13.4. The van der Waals surface area contributed by atoms with Gasteiger partial charge < -0.3 is 25.4 Å². The Labute approximate surface area is 220 Å². The maximum atomic E-state index is 13.4. The Hall–Kier alpha value is -3.37. The second-order valence-corrected chi connectivity index (χ2v) is 10.9. The highest BCUT2D eigenvalue weighted by molar-refractivity contribution is 7.99. The number of carbonyl (C=O) groups is 4. The van der Waals surface area contributed by atoms with Crippen molar-refractivity contribution in [1.29, 1.82) is 0 Å². The molecule has 2 aromatic rings. The van der Waals surface area contributed by atoms with E-state index in [-0.39, 0.29) is 29.5 Å². The first-order valence-electron chi connectivity index (χ1n) is 12.0. The molecule has 0 saturated carbocycles. The summed E-state index contributed by atoms with van der Waals surface area (Å²) in [5, 5.41) is 16.8. The number of ether oxygens (including phenoxy) is 1. The van der Waals surface area contributed by atoms with Crippen LogP contribution in [-0.4, -0.2) is 69.1 Å². The van der Waals surface area contributed by atoms with E-state index in [1.807, 2.05) is 51.1 Å². The van der Waals surface area contributed by atoms with Gasteiger partial charge in [-0.2, -0.15) is 0 Å². The van der Waals surface area contributed by atoms with E-state index in [4.69, 9.17) is 4.74 Å². The lowest BCUT2D eigenvalue weighted by molar-refractivity contribution is -0.146. The Bertz CT molecular complexity index is 1130. The molecular formula is C27H33N3O6S. The first kappa shape index (κ1) is 28.2. The van der Waals surface area contributed by atoms with Crippen molar-refractivity contribution in [2.24, 2.45) is 0 Å². The Kier molecular flexibility index (Phi) is 9.34. The SMILES string of the molecule is CC(=O)Oc1cccc(C(=O)N[C@@H](Cc2ccccc2)[C@H](O)C(=O)N2CSC[C@H]2C(=O)NC(C)(C)C)c1. The number of aliphatic hydroxyl groups is 1. The third-order valence-electron chi connectivity index (χ3n) is 5.57. The fourth-order valence-electron chi connectivity index (χ4n) is 3.90. The van der Waals surface area contributed by atoms with Gasteiger partial charge in [-0.25, -0.2) is 0 Å². The number of hydrogen-bond donors (Lipinski definition) is 3. The average Bonchev–Trinajstić information content (AvgIpc) is 3.32. The minimum absolute atomic E-state index is 0.183. The molecule has 9 nitrogen and oxygen atoms in total. The number of nitrogens with zero attached hydrogens (tertiary/aromatic N) is 1. The van der Waals surface area contributed by atoms with Crippen LogP contribution in [-0.2, 0) is 20.8 Å². The van der Waals surface area contributed by atoms with E-state index in [9.17, 15) is 24.3 Å². The third-order valence-corrected chi connectivity index (χ3v) is 6.59. The summed E-state index contributed by atoms with van der Waals surface area (Å²) in [4.78, 5) is 52.0. The number of benzene rings is 2. The molecule has 10 heteroatoms. The zero-order chi connectivity index (χ0) is 27.2. The van der Waals surface area contributed by atoms with E-state index in [1.54, 1.807) is 18.2 Å². The van der Waals surface area contributed by atoms with Crippen molar-refractivity contribution in [2.75, 3.05) is 11.6 Å². The smallest absolute Gasteiger partial charge is 0.308 e. The Balaban J connectivity index is 1.81. The molecule has 3 N–H and O–H groups in total.